The fraction of sp³-hybridized carbons (Fsp3) is 0.500. The van der Waals surface area contributed by atoms with Gasteiger partial charge in [0.25, 0.3) is 0 Å². The molecular weight excluding hydrogens is 396 g/mol. The molecule has 8 heteroatoms. The summed E-state index contributed by atoms with van der Waals surface area (Å²) in [6, 6.07) is 11.4. The third kappa shape index (κ3) is 4.90. The van der Waals surface area contributed by atoms with Crippen molar-refractivity contribution >= 4 is 59.3 Å². The topological polar surface area (TPSA) is 12.9 Å². The van der Waals surface area contributed by atoms with E-state index in [-0.39, 0.29) is 14.4 Å². The zero-order valence-corrected chi connectivity index (χ0v) is 23.4. The van der Waals surface area contributed by atoms with Crippen LogP contribution in [0.15, 0.2) is 36.5 Å². The van der Waals surface area contributed by atoms with E-state index < -0.39 is 20.1 Å². The summed E-state index contributed by atoms with van der Waals surface area (Å²) in [5, 5.41) is 0.165. The molecule has 2 rings (SSSR count). The fourth-order valence-corrected chi connectivity index (χ4v) is 5.04. The minimum Gasteiger partial charge on any atom is -0.256 e. The van der Waals surface area contributed by atoms with Gasteiger partial charge in [-0.2, -0.15) is 0 Å². The summed E-state index contributed by atoms with van der Waals surface area (Å²) < 4.78 is 0.208. The lowest BCUT2D eigenvalue weighted by Gasteiger charge is -2.51. The summed E-state index contributed by atoms with van der Waals surface area (Å²) in [4.78, 5) is 5.00. The van der Waals surface area contributed by atoms with Crippen LogP contribution in [0.2, 0.25) is 0 Å². The molecule has 0 atom stereocenters. The third-order valence-electron chi connectivity index (χ3n) is 7.31. The lowest BCUT2D eigenvalue weighted by Crippen LogP contribution is -2.40. The molecule has 1 nitrogen and oxygen atoms in total. The van der Waals surface area contributed by atoms with Crippen LogP contribution in [-0.2, 0) is 14.4 Å². The molecule has 0 amide bonds. The maximum Gasteiger partial charge on any atom is 0.115 e. The Balaban J connectivity index is 2.73. The van der Waals surface area contributed by atoms with Crippen molar-refractivity contribution in [2.45, 2.75) is 28.3 Å². The molecule has 0 saturated heterocycles. The highest BCUT2D eigenvalue weighted by Crippen LogP contribution is 2.58. The average Bonchev–Trinajstić information content (AvgIpc) is 2.58. The number of hydrogen-bond donors (Lipinski definition) is 0. The maximum atomic E-state index is 5.00. The molecule has 1 aromatic heterocycles. The van der Waals surface area contributed by atoms with Crippen LogP contribution in [0, 0.1) is 0 Å². The molecule has 0 saturated carbocycles. The first kappa shape index (κ1) is 25.7. The molecule has 1 heterocycles. The molecule has 0 aliphatic heterocycles. The number of hydrogen-bond acceptors (Lipinski definition) is 1. The van der Waals surface area contributed by atoms with Gasteiger partial charge in [0.15, 0.2) is 0 Å². The van der Waals surface area contributed by atoms with Gasteiger partial charge < -0.3 is 0 Å². The maximum absolute atomic E-state index is 5.00. The number of nitrogens with zero attached hydrogens (tertiary/aromatic N) is 1. The van der Waals surface area contributed by atoms with Gasteiger partial charge in [-0.1, -0.05) is 43.7 Å². The molecular formula is C22H40B5NS2. The van der Waals surface area contributed by atoms with Crippen molar-refractivity contribution in [3.8, 4) is 11.3 Å². The Kier molecular flexibility index (Phi) is 6.90. The first-order valence-corrected chi connectivity index (χ1v) is 16.5. The average molecular weight is 437 g/mol. The van der Waals surface area contributed by atoms with Gasteiger partial charge >= 0.3 is 0 Å². The van der Waals surface area contributed by atoms with Crippen molar-refractivity contribution in [1.29, 1.82) is 0 Å². The Morgan fingerprint density at radius 3 is 1.53 bits per heavy atom. The first-order valence-electron chi connectivity index (χ1n) is 10.8. The second-order valence-corrected chi connectivity index (χ2v) is 21.5. The largest absolute Gasteiger partial charge is 0.256 e. The summed E-state index contributed by atoms with van der Waals surface area (Å²) in [5.41, 5.74) is 6.55. The smallest absolute Gasteiger partial charge is 0.115 e. The van der Waals surface area contributed by atoms with Gasteiger partial charge in [0.1, 0.15) is 39.2 Å². The molecule has 0 spiro atoms. The van der Waals surface area contributed by atoms with Crippen molar-refractivity contribution in [3.63, 3.8) is 0 Å². The zero-order valence-electron chi connectivity index (χ0n) is 21.7. The van der Waals surface area contributed by atoms with Crippen LogP contribution in [0.1, 0.15) is 30.5 Å². The molecule has 2 aromatic rings. The van der Waals surface area contributed by atoms with E-state index in [9.17, 15) is 0 Å². The van der Waals surface area contributed by atoms with Crippen molar-refractivity contribution in [2.24, 2.45) is 0 Å². The highest BCUT2D eigenvalue weighted by molar-refractivity contribution is 8.34. The van der Waals surface area contributed by atoms with Gasteiger partial charge in [-0.3, -0.25) is 25.0 Å². The van der Waals surface area contributed by atoms with Gasteiger partial charge in [0.2, 0.25) is 0 Å². The predicted octanol–water partition coefficient (Wildman–Crippen LogP) is 0.758. The first-order chi connectivity index (χ1) is 13.3. The van der Waals surface area contributed by atoms with Gasteiger partial charge in [0.05, 0.1) is 5.69 Å². The molecule has 0 aliphatic rings. The van der Waals surface area contributed by atoms with Gasteiger partial charge in [-0.15, -0.1) is 0 Å². The Morgan fingerprint density at radius 2 is 1.13 bits per heavy atom. The van der Waals surface area contributed by atoms with Crippen LogP contribution in [0.3, 0.4) is 0 Å². The van der Waals surface area contributed by atoms with Crippen molar-refractivity contribution in [3.05, 3.63) is 53.2 Å². The minimum absolute atomic E-state index is 0.103. The van der Waals surface area contributed by atoms with E-state index in [1.165, 1.54) is 22.3 Å². The summed E-state index contributed by atoms with van der Waals surface area (Å²) in [5.74, 6) is 0. The number of rotatable bonds is 6. The lowest BCUT2D eigenvalue weighted by molar-refractivity contribution is 0.764. The fourth-order valence-electron chi connectivity index (χ4n) is 3.39. The normalized spacial score (nSPS) is 15.1. The summed E-state index contributed by atoms with van der Waals surface area (Å²) in [6.45, 7) is 4.53. The molecule has 160 valence electrons. The molecule has 0 radical (unpaired) electrons. The van der Waals surface area contributed by atoms with Crippen molar-refractivity contribution in [1.82, 2.24) is 4.98 Å². The summed E-state index contributed by atoms with van der Waals surface area (Å²) >= 11 is 0. The second kappa shape index (κ2) is 8.07. The number of benzene rings is 1. The van der Waals surface area contributed by atoms with Crippen molar-refractivity contribution < 1.29 is 0 Å². The molecule has 0 fully saturated rings. The molecule has 0 N–H and O–H groups in total. The molecule has 0 aliphatic carbocycles. The van der Waals surface area contributed by atoms with E-state index in [1.54, 1.807) is 0 Å². The third-order valence-corrected chi connectivity index (χ3v) is 13.9. The van der Waals surface area contributed by atoms with E-state index in [2.05, 4.69) is 127 Å². The van der Waals surface area contributed by atoms with Crippen LogP contribution in [0.4, 0.5) is 0 Å². The Morgan fingerprint density at radius 1 is 0.700 bits per heavy atom. The summed E-state index contributed by atoms with van der Waals surface area (Å²) in [7, 11) is 10.3. The Labute approximate surface area is 194 Å². The molecule has 1 aromatic carbocycles. The SMILES string of the molecule is BC(C)(C)c1ccc(-c2cc(C(B)(B)S(C)(C)C)c(C(B)(B)S(C)(C)C)cn2)cc1. The van der Waals surface area contributed by atoms with Gasteiger partial charge in [-0.05, 0) is 69.1 Å². The highest BCUT2D eigenvalue weighted by Gasteiger charge is 2.39. The predicted molar refractivity (Wildman–Crippen MR) is 160 cm³/mol. The van der Waals surface area contributed by atoms with E-state index in [0.29, 0.717) is 0 Å². The van der Waals surface area contributed by atoms with E-state index in [0.717, 1.165) is 5.69 Å². The molecule has 0 unspecified atom stereocenters. The standard InChI is InChI=1S/C22H40B5NS2/c1-20(2,23)16-11-9-15(10-12-16)19-13-17(21(24,25)29(3,4)5)18(14-28-19)22(26,27)30(6,7)8/h9-14H,23-27H2,1-8H3. The van der Waals surface area contributed by atoms with Crippen LogP contribution in [-0.4, -0.2) is 81.7 Å². The Bertz CT molecular complexity index is 905. The number of aromatic nitrogens is 1. The van der Waals surface area contributed by atoms with Crippen molar-refractivity contribution in [2.75, 3.05) is 37.5 Å². The van der Waals surface area contributed by atoms with Crippen LogP contribution < -0.4 is 0 Å². The number of pyridine rings is 1. The molecule has 0 bridgehead atoms. The monoisotopic (exact) mass is 437 g/mol. The lowest BCUT2D eigenvalue weighted by atomic mass is 9.58. The van der Waals surface area contributed by atoms with E-state index >= 15 is 0 Å². The van der Waals surface area contributed by atoms with Gasteiger partial charge in [0, 0.05) is 11.8 Å². The summed E-state index contributed by atoms with van der Waals surface area (Å²) in [6.07, 6.45) is 16.8. The molecule has 30 heavy (non-hydrogen) atoms. The zero-order chi connectivity index (χ0) is 23.3. The van der Waals surface area contributed by atoms with Crippen LogP contribution >= 0.6 is 20.1 Å². The quantitative estimate of drug-likeness (QED) is 0.609. The second-order valence-electron chi connectivity index (χ2n) is 12.1. The van der Waals surface area contributed by atoms with E-state index in [4.69, 9.17) is 4.98 Å². The minimum atomic E-state index is -0.827. The highest BCUT2D eigenvalue weighted by atomic mass is 32.3. The Hall–Kier alpha value is -0.605. The van der Waals surface area contributed by atoms with Gasteiger partial charge in [-0.25, -0.2) is 0 Å². The van der Waals surface area contributed by atoms with E-state index in [1.807, 2.05) is 0 Å². The van der Waals surface area contributed by atoms with Crippen LogP contribution in [0.25, 0.3) is 11.3 Å². The van der Waals surface area contributed by atoms with Crippen LogP contribution in [0.5, 0.6) is 0 Å².